The zero-order chi connectivity index (χ0) is 14.1. The second-order valence-electron chi connectivity index (χ2n) is 4.95. The van der Waals surface area contributed by atoms with Crippen LogP contribution >= 0.6 is 0 Å². The van der Waals surface area contributed by atoms with Crippen molar-refractivity contribution >= 4 is 0 Å². The van der Waals surface area contributed by atoms with E-state index < -0.39 is 0 Å². The number of para-hydroxylation sites is 2. The molecule has 0 fully saturated rings. The van der Waals surface area contributed by atoms with Crippen LogP contribution in [0.2, 0.25) is 0 Å². The van der Waals surface area contributed by atoms with E-state index in [2.05, 4.69) is 31.2 Å². The van der Waals surface area contributed by atoms with E-state index >= 15 is 0 Å². The molecule has 4 heteroatoms. The summed E-state index contributed by atoms with van der Waals surface area (Å²) in [6, 6.07) is 8.22. The third kappa shape index (κ3) is 6.45. The fourth-order valence-corrected chi connectivity index (χ4v) is 1.76. The highest BCUT2D eigenvalue weighted by Crippen LogP contribution is 2.25. The number of ether oxygens (including phenoxy) is 2. The molecule has 0 aliphatic heterocycles. The van der Waals surface area contributed by atoms with Gasteiger partial charge in [0, 0.05) is 12.6 Å². The van der Waals surface area contributed by atoms with Crippen molar-refractivity contribution < 1.29 is 9.47 Å². The normalized spacial score (nSPS) is 12.5. The van der Waals surface area contributed by atoms with Crippen LogP contribution in [0.1, 0.15) is 13.3 Å². The summed E-state index contributed by atoms with van der Waals surface area (Å²) in [7, 11) is 5.85. The van der Waals surface area contributed by atoms with Gasteiger partial charge in [-0.2, -0.15) is 0 Å². The first-order valence-corrected chi connectivity index (χ1v) is 6.77. The van der Waals surface area contributed by atoms with Crippen LogP contribution in [0.15, 0.2) is 24.3 Å². The first kappa shape index (κ1) is 15.8. The van der Waals surface area contributed by atoms with Crippen LogP contribution < -0.4 is 14.8 Å². The molecule has 108 valence electrons. The van der Waals surface area contributed by atoms with Crippen molar-refractivity contribution in [3.8, 4) is 11.5 Å². The Kier molecular flexibility index (Phi) is 7.30. The molecule has 1 aromatic carbocycles. The highest BCUT2D eigenvalue weighted by Gasteiger charge is 2.04. The van der Waals surface area contributed by atoms with Gasteiger partial charge in [0.05, 0.1) is 7.11 Å². The van der Waals surface area contributed by atoms with E-state index in [0.717, 1.165) is 31.0 Å². The van der Waals surface area contributed by atoms with Gasteiger partial charge in [0.15, 0.2) is 11.5 Å². The van der Waals surface area contributed by atoms with Crippen molar-refractivity contribution in [1.82, 2.24) is 10.2 Å². The van der Waals surface area contributed by atoms with E-state index in [4.69, 9.17) is 9.47 Å². The Morgan fingerprint density at radius 3 is 2.53 bits per heavy atom. The molecular formula is C15H26N2O2. The van der Waals surface area contributed by atoms with Gasteiger partial charge in [-0.15, -0.1) is 0 Å². The largest absolute Gasteiger partial charge is 0.493 e. The summed E-state index contributed by atoms with van der Waals surface area (Å²) in [6.45, 7) is 4.79. The third-order valence-electron chi connectivity index (χ3n) is 2.93. The maximum absolute atomic E-state index is 5.71. The molecule has 0 aliphatic carbocycles. The molecule has 0 amide bonds. The number of methoxy groups -OCH3 is 1. The van der Waals surface area contributed by atoms with E-state index in [9.17, 15) is 0 Å². The Labute approximate surface area is 116 Å². The molecule has 1 unspecified atom stereocenters. The Morgan fingerprint density at radius 2 is 1.89 bits per heavy atom. The van der Waals surface area contributed by atoms with Gasteiger partial charge < -0.3 is 19.7 Å². The molecule has 0 aliphatic rings. The predicted octanol–water partition coefficient (Wildman–Crippen LogP) is 2.00. The van der Waals surface area contributed by atoms with Gasteiger partial charge in [0.25, 0.3) is 0 Å². The lowest BCUT2D eigenvalue weighted by atomic mass is 10.2. The van der Waals surface area contributed by atoms with Crippen molar-refractivity contribution in [1.29, 1.82) is 0 Å². The summed E-state index contributed by atoms with van der Waals surface area (Å²) in [5.41, 5.74) is 0. The molecule has 0 saturated heterocycles. The van der Waals surface area contributed by atoms with Gasteiger partial charge in [-0.25, -0.2) is 0 Å². The minimum Gasteiger partial charge on any atom is -0.493 e. The number of nitrogens with one attached hydrogen (secondary N) is 1. The molecule has 1 rings (SSSR count). The molecule has 0 spiro atoms. The summed E-state index contributed by atoms with van der Waals surface area (Å²) in [4.78, 5) is 2.20. The molecule has 1 atom stereocenters. The maximum Gasteiger partial charge on any atom is 0.161 e. The summed E-state index contributed by atoms with van der Waals surface area (Å²) >= 11 is 0. The predicted molar refractivity (Wildman–Crippen MR) is 79.1 cm³/mol. The van der Waals surface area contributed by atoms with E-state index in [1.807, 2.05) is 24.3 Å². The molecular weight excluding hydrogens is 240 g/mol. The van der Waals surface area contributed by atoms with E-state index in [-0.39, 0.29) is 0 Å². The monoisotopic (exact) mass is 266 g/mol. The van der Waals surface area contributed by atoms with Crippen LogP contribution in [0.25, 0.3) is 0 Å². The highest BCUT2D eigenvalue weighted by atomic mass is 16.5. The summed E-state index contributed by atoms with van der Waals surface area (Å²) in [5, 5.41) is 3.45. The highest BCUT2D eigenvalue weighted by molar-refractivity contribution is 5.39. The van der Waals surface area contributed by atoms with Gasteiger partial charge in [-0.05, 0) is 46.1 Å². The number of hydrogen-bond acceptors (Lipinski definition) is 4. The second kappa shape index (κ2) is 8.77. The molecule has 4 nitrogen and oxygen atoms in total. The maximum atomic E-state index is 5.71. The van der Waals surface area contributed by atoms with Crippen LogP contribution in [-0.4, -0.2) is 51.8 Å². The minimum absolute atomic E-state index is 0.503. The van der Waals surface area contributed by atoms with E-state index in [1.54, 1.807) is 7.11 Å². The van der Waals surface area contributed by atoms with Crippen molar-refractivity contribution in [3.05, 3.63) is 24.3 Å². The summed E-state index contributed by atoms with van der Waals surface area (Å²) < 4.78 is 10.9. The van der Waals surface area contributed by atoms with Gasteiger partial charge in [-0.3, -0.25) is 0 Å². The van der Waals surface area contributed by atoms with Gasteiger partial charge in [0.1, 0.15) is 6.61 Å². The van der Waals surface area contributed by atoms with Crippen LogP contribution in [0.4, 0.5) is 0 Å². The molecule has 1 aromatic rings. The fourth-order valence-electron chi connectivity index (χ4n) is 1.76. The standard InChI is InChI=1S/C15H26N2O2/c1-13(9-11-17(2)3)16-10-12-19-15-8-6-5-7-14(15)18-4/h5-8,13,16H,9-12H2,1-4H3. The number of hydrogen-bond donors (Lipinski definition) is 1. The van der Waals surface area contributed by atoms with Crippen LogP contribution in [0, 0.1) is 0 Å². The Bertz CT molecular complexity index is 356. The van der Waals surface area contributed by atoms with E-state index in [1.165, 1.54) is 0 Å². The zero-order valence-corrected chi connectivity index (χ0v) is 12.5. The fraction of sp³-hybridized carbons (Fsp3) is 0.600. The van der Waals surface area contributed by atoms with Gasteiger partial charge >= 0.3 is 0 Å². The van der Waals surface area contributed by atoms with Gasteiger partial charge in [0.2, 0.25) is 0 Å². The number of rotatable bonds is 9. The number of benzene rings is 1. The summed E-state index contributed by atoms with van der Waals surface area (Å²) in [5.74, 6) is 1.58. The van der Waals surface area contributed by atoms with Gasteiger partial charge in [-0.1, -0.05) is 12.1 Å². The second-order valence-corrected chi connectivity index (χ2v) is 4.95. The lowest BCUT2D eigenvalue weighted by Gasteiger charge is -2.17. The molecule has 0 saturated carbocycles. The minimum atomic E-state index is 0.503. The topological polar surface area (TPSA) is 33.7 Å². The number of nitrogens with zero attached hydrogens (tertiary/aromatic N) is 1. The lowest BCUT2D eigenvalue weighted by molar-refractivity contribution is 0.282. The first-order valence-electron chi connectivity index (χ1n) is 6.77. The molecule has 19 heavy (non-hydrogen) atoms. The SMILES string of the molecule is COc1ccccc1OCCNC(C)CCN(C)C. The van der Waals surface area contributed by atoms with Crippen LogP contribution in [0.3, 0.4) is 0 Å². The Morgan fingerprint density at radius 1 is 1.21 bits per heavy atom. The average molecular weight is 266 g/mol. The molecule has 0 radical (unpaired) electrons. The molecule has 0 aromatic heterocycles. The Balaban J connectivity index is 2.20. The Hall–Kier alpha value is -1.26. The average Bonchev–Trinajstić information content (AvgIpc) is 2.41. The zero-order valence-electron chi connectivity index (χ0n) is 12.5. The quantitative estimate of drug-likeness (QED) is 0.693. The van der Waals surface area contributed by atoms with Crippen molar-refractivity contribution in [2.24, 2.45) is 0 Å². The van der Waals surface area contributed by atoms with E-state index in [0.29, 0.717) is 12.6 Å². The van der Waals surface area contributed by atoms with Crippen LogP contribution in [0.5, 0.6) is 11.5 Å². The van der Waals surface area contributed by atoms with Crippen molar-refractivity contribution in [3.63, 3.8) is 0 Å². The van der Waals surface area contributed by atoms with Crippen molar-refractivity contribution in [2.75, 3.05) is 40.9 Å². The smallest absolute Gasteiger partial charge is 0.161 e. The van der Waals surface area contributed by atoms with Crippen molar-refractivity contribution in [2.45, 2.75) is 19.4 Å². The molecule has 0 heterocycles. The summed E-state index contributed by atoms with van der Waals surface area (Å²) in [6.07, 6.45) is 1.14. The molecule has 0 bridgehead atoms. The first-order chi connectivity index (χ1) is 9.13. The molecule has 1 N–H and O–H groups in total. The lowest BCUT2D eigenvalue weighted by Crippen LogP contribution is -2.32. The van der Waals surface area contributed by atoms with Crippen LogP contribution in [-0.2, 0) is 0 Å². The third-order valence-corrected chi connectivity index (χ3v) is 2.93.